The molecule has 2 aromatic rings. The number of aliphatic imine (C=N–C) groups is 1. The number of aromatic nitrogens is 1. The lowest BCUT2D eigenvalue weighted by molar-refractivity contribution is 0.415. The Bertz CT molecular complexity index is 562. The standard InChI is InChI=1S/C13H17N3OS/c1-17-10-3-4-12-11(7-10)9(8-16-12)5-6-15-13(14)18-2/h3-4,7-8,16H,5-6H2,1-2H3,(H2,14,15). The smallest absolute Gasteiger partial charge is 0.153 e. The summed E-state index contributed by atoms with van der Waals surface area (Å²) >= 11 is 1.47. The summed E-state index contributed by atoms with van der Waals surface area (Å²) in [6.07, 6.45) is 4.82. The minimum absolute atomic E-state index is 0.632. The van der Waals surface area contributed by atoms with Crippen molar-refractivity contribution in [3.05, 3.63) is 30.0 Å². The molecule has 0 fully saturated rings. The van der Waals surface area contributed by atoms with Gasteiger partial charge in [-0.3, -0.25) is 4.99 Å². The van der Waals surface area contributed by atoms with Gasteiger partial charge in [0, 0.05) is 23.6 Å². The minimum Gasteiger partial charge on any atom is -0.497 e. The zero-order valence-electron chi connectivity index (χ0n) is 10.6. The maximum Gasteiger partial charge on any atom is 0.153 e. The summed E-state index contributed by atoms with van der Waals surface area (Å²) in [7, 11) is 1.68. The molecule has 0 radical (unpaired) electrons. The van der Waals surface area contributed by atoms with Gasteiger partial charge in [0.1, 0.15) is 5.75 Å². The average molecular weight is 263 g/mol. The number of nitrogens with one attached hydrogen (secondary N) is 1. The molecule has 1 aromatic heterocycles. The normalized spacial score (nSPS) is 12.0. The van der Waals surface area contributed by atoms with Gasteiger partial charge in [-0.1, -0.05) is 11.8 Å². The Morgan fingerprint density at radius 3 is 3.06 bits per heavy atom. The van der Waals surface area contributed by atoms with Crippen LogP contribution in [0.1, 0.15) is 5.56 Å². The number of nitrogens with zero attached hydrogens (tertiary/aromatic N) is 1. The Morgan fingerprint density at radius 1 is 1.50 bits per heavy atom. The summed E-state index contributed by atoms with van der Waals surface area (Å²) in [5.41, 5.74) is 8.01. The zero-order chi connectivity index (χ0) is 13.0. The Labute approximate surface area is 111 Å². The molecule has 0 saturated carbocycles. The molecule has 18 heavy (non-hydrogen) atoms. The summed E-state index contributed by atoms with van der Waals surface area (Å²) in [5.74, 6) is 0.871. The van der Waals surface area contributed by atoms with E-state index in [1.807, 2.05) is 30.7 Å². The molecule has 1 heterocycles. The Hall–Kier alpha value is -1.62. The Kier molecular flexibility index (Phi) is 4.15. The van der Waals surface area contributed by atoms with Gasteiger partial charge in [0.15, 0.2) is 5.17 Å². The van der Waals surface area contributed by atoms with Crippen molar-refractivity contribution in [2.75, 3.05) is 19.9 Å². The second kappa shape index (κ2) is 5.82. The van der Waals surface area contributed by atoms with E-state index in [4.69, 9.17) is 10.5 Å². The molecule has 0 amide bonds. The van der Waals surface area contributed by atoms with E-state index in [0.717, 1.165) is 17.7 Å². The predicted molar refractivity (Wildman–Crippen MR) is 78.6 cm³/mol. The highest BCUT2D eigenvalue weighted by atomic mass is 32.2. The fourth-order valence-electron chi connectivity index (χ4n) is 1.84. The molecule has 0 spiro atoms. The first-order chi connectivity index (χ1) is 8.74. The highest BCUT2D eigenvalue weighted by Gasteiger charge is 2.04. The van der Waals surface area contributed by atoms with Crippen LogP contribution in [0.2, 0.25) is 0 Å². The fraction of sp³-hybridized carbons (Fsp3) is 0.308. The van der Waals surface area contributed by atoms with Crippen LogP contribution in [0.3, 0.4) is 0 Å². The number of fused-ring (bicyclic) bond motifs is 1. The highest BCUT2D eigenvalue weighted by molar-refractivity contribution is 8.13. The SMILES string of the molecule is COc1ccc2[nH]cc(CCN=C(N)SC)c2c1. The van der Waals surface area contributed by atoms with Crippen molar-refractivity contribution in [3.8, 4) is 5.75 Å². The van der Waals surface area contributed by atoms with Gasteiger partial charge < -0.3 is 15.5 Å². The van der Waals surface area contributed by atoms with Crippen molar-refractivity contribution in [2.24, 2.45) is 10.7 Å². The first kappa shape index (κ1) is 12.8. The summed E-state index contributed by atoms with van der Waals surface area (Å²) in [4.78, 5) is 7.53. The maximum absolute atomic E-state index is 5.66. The molecule has 3 N–H and O–H groups in total. The molecule has 2 rings (SSSR count). The molecule has 5 heteroatoms. The van der Waals surface area contributed by atoms with Gasteiger partial charge in [-0.25, -0.2) is 0 Å². The van der Waals surface area contributed by atoms with Crippen LogP contribution in [-0.2, 0) is 6.42 Å². The van der Waals surface area contributed by atoms with E-state index >= 15 is 0 Å². The van der Waals surface area contributed by atoms with Crippen molar-refractivity contribution in [3.63, 3.8) is 0 Å². The number of methoxy groups -OCH3 is 1. The van der Waals surface area contributed by atoms with Crippen molar-refractivity contribution in [1.82, 2.24) is 4.98 Å². The quantitative estimate of drug-likeness (QED) is 0.657. The van der Waals surface area contributed by atoms with E-state index in [-0.39, 0.29) is 0 Å². The van der Waals surface area contributed by atoms with E-state index in [1.54, 1.807) is 7.11 Å². The third kappa shape index (κ3) is 2.79. The van der Waals surface area contributed by atoms with E-state index in [2.05, 4.69) is 9.98 Å². The molecule has 1 aromatic carbocycles. The molecular weight excluding hydrogens is 246 g/mol. The third-order valence-corrected chi connectivity index (χ3v) is 3.38. The van der Waals surface area contributed by atoms with Crippen molar-refractivity contribution in [1.29, 1.82) is 0 Å². The van der Waals surface area contributed by atoms with Gasteiger partial charge in [-0.05, 0) is 36.4 Å². The van der Waals surface area contributed by atoms with Crippen LogP contribution in [-0.4, -0.2) is 30.1 Å². The minimum atomic E-state index is 0.632. The van der Waals surface area contributed by atoms with Gasteiger partial charge in [-0.15, -0.1) is 0 Å². The number of nitrogens with two attached hydrogens (primary N) is 1. The Morgan fingerprint density at radius 2 is 2.33 bits per heavy atom. The fourth-order valence-corrected chi connectivity index (χ4v) is 2.06. The molecule has 0 unspecified atom stereocenters. The molecule has 0 bridgehead atoms. The number of benzene rings is 1. The van der Waals surface area contributed by atoms with Gasteiger partial charge in [0.05, 0.1) is 7.11 Å². The maximum atomic E-state index is 5.66. The van der Waals surface area contributed by atoms with Crippen molar-refractivity contribution in [2.45, 2.75) is 6.42 Å². The first-order valence-corrected chi connectivity index (χ1v) is 6.95. The number of ether oxygens (including phenoxy) is 1. The lowest BCUT2D eigenvalue weighted by atomic mass is 10.1. The monoisotopic (exact) mass is 263 g/mol. The van der Waals surface area contributed by atoms with Gasteiger partial charge >= 0.3 is 0 Å². The molecule has 0 aliphatic heterocycles. The number of rotatable bonds is 4. The average Bonchev–Trinajstić information content (AvgIpc) is 2.81. The summed E-state index contributed by atoms with van der Waals surface area (Å²) < 4.78 is 5.24. The van der Waals surface area contributed by atoms with E-state index in [1.165, 1.54) is 22.7 Å². The third-order valence-electron chi connectivity index (χ3n) is 2.83. The van der Waals surface area contributed by atoms with E-state index in [9.17, 15) is 0 Å². The van der Waals surface area contributed by atoms with Crippen molar-refractivity contribution < 1.29 is 4.74 Å². The summed E-state index contributed by atoms with van der Waals surface area (Å²) in [5, 5.41) is 1.82. The molecular formula is C13H17N3OS. The highest BCUT2D eigenvalue weighted by Crippen LogP contribution is 2.23. The van der Waals surface area contributed by atoms with Crippen LogP contribution in [0.15, 0.2) is 29.4 Å². The van der Waals surface area contributed by atoms with Crippen LogP contribution in [0.5, 0.6) is 5.75 Å². The van der Waals surface area contributed by atoms with E-state index < -0.39 is 0 Å². The summed E-state index contributed by atoms with van der Waals surface area (Å²) in [6.45, 7) is 0.705. The molecule has 0 aliphatic carbocycles. The second-order valence-corrected chi connectivity index (χ2v) is 4.73. The first-order valence-electron chi connectivity index (χ1n) is 5.72. The molecule has 0 saturated heterocycles. The van der Waals surface area contributed by atoms with Gasteiger partial charge in [-0.2, -0.15) is 0 Å². The number of H-pyrrole nitrogens is 1. The largest absolute Gasteiger partial charge is 0.497 e. The van der Waals surface area contributed by atoms with Crippen LogP contribution < -0.4 is 10.5 Å². The van der Waals surface area contributed by atoms with Crippen LogP contribution in [0, 0.1) is 0 Å². The van der Waals surface area contributed by atoms with Crippen molar-refractivity contribution >= 4 is 27.8 Å². The number of amidine groups is 1. The zero-order valence-corrected chi connectivity index (χ0v) is 11.4. The lowest BCUT2D eigenvalue weighted by Crippen LogP contribution is -2.06. The topological polar surface area (TPSA) is 63.4 Å². The molecule has 96 valence electrons. The lowest BCUT2D eigenvalue weighted by Gasteiger charge is -2.01. The van der Waals surface area contributed by atoms with Gasteiger partial charge in [0.25, 0.3) is 0 Å². The number of thioether (sulfide) groups is 1. The van der Waals surface area contributed by atoms with Crippen LogP contribution in [0.25, 0.3) is 10.9 Å². The van der Waals surface area contributed by atoms with E-state index in [0.29, 0.717) is 11.7 Å². The van der Waals surface area contributed by atoms with Crippen LogP contribution >= 0.6 is 11.8 Å². The van der Waals surface area contributed by atoms with Crippen LogP contribution in [0.4, 0.5) is 0 Å². The predicted octanol–water partition coefficient (Wildman–Crippen LogP) is 2.40. The van der Waals surface area contributed by atoms with Gasteiger partial charge in [0.2, 0.25) is 0 Å². The Balaban J connectivity index is 2.18. The molecule has 0 atom stereocenters. The number of hydrogen-bond donors (Lipinski definition) is 2. The molecule has 0 aliphatic rings. The number of aromatic amines is 1. The summed E-state index contributed by atoms with van der Waals surface area (Å²) in [6, 6.07) is 6.02. The number of hydrogen-bond acceptors (Lipinski definition) is 3. The molecule has 4 nitrogen and oxygen atoms in total. The second-order valence-electron chi connectivity index (χ2n) is 3.90.